The molecule has 4 nitrogen and oxygen atoms in total. The molecule has 22 heavy (non-hydrogen) atoms. The van der Waals surface area contributed by atoms with Crippen molar-refractivity contribution in [3.8, 4) is 5.75 Å². The van der Waals surface area contributed by atoms with Crippen molar-refractivity contribution >= 4 is 22.6 Å². The molecule has 3 N–H and O–H groups in total. The molecule has 0 atom stereocenters. The molecule has 0 aliphatic carbocycles. The molecule has 0 saturated heterocycles. The second-order valence-electron chi connectivity index (χ2n) is 4.89. The summed E-state index contributed by atoms with van der Waals surface area (Å²) in [4.78, 5) is 12.2. The molecule has 108 valence electrons. The summed E-state index contributed by atoms with van der Waals surface area (Å²) in [5.74, 6) is -0.0168. The molecule has 3 aromatic rings. The molecule has 0 spiro atoms. The summed E-state index contributed by atoms with van der Waals surface area (Å²) in [5, 5.41) is 9.39. The third-order valence-corrected chi connectivity index (χ3v) is 3.36. The number of hydrogen-bond acceptors (Lipinski definition) is 3. The number of nitrogens with two attached hydrogens (primary N) is 1. The maximum atomic E-state index is 12.2. The maximum absolute atomic E-state index is 12.2. The highest BCUT2D eigenvalue weighted by atomic mass is 16.5. The highest BCUT2D eigenvalue weighted by Crippen LogP contribution is 2.18. The van der Waals surface area contributed by atoms with E-state index in [-0.39, 0.29) is 5.84 Å². The first kappa shape index (κ1) is 13.8. The van der Waals surface area contributed by atoms with E-state index >= 15 is 0 Å². The number of nitrogen functional groups attached to an aromatic ring is 1. The lowest BCUT2D eigenvalue weighted by atomic mass is 10.1. The van der Waals surface area contributed by atoms with E-state index in [2.05, 4.69) is 0 Å². The van der Waals surface area contributed by atoms with Crippen molar-refractivity contribution in [2.24, 2.45) is 5.73 Å². The summed E-state index contributed by atoms with van der Waals surface area (Å²) in [7, 11) is 0. The van der Waals surface area contributed by atoms with Crippen molar-refractivity contribution in [3.05, 3.63) is 77.9 Å². The molecule has 0 unspecified atom stereocenters. The summed E-state index contributed by atoms with van der Waals surface area (Å²) < 4.78 is 5.33. The molecular weight excluding hydrogens is 276 g/mol. The lowest BCUT2D eigenvalue weighted by Crippen LogP contribution is -2.11. The van der Waals surface area contributed by atoms with E-state index in [0.717, 1.165) is 10.8 Å². The van der Waals surface area contributed by atoms with Gasteiger partial charge in [0.15, 0.2) is 0 Å². The molecule has 0 fully saturated rings. The largest absolute Gasteiger partial charge is 0.423 e. The van der Waals surface area contributed by atoms with Crippen LogP contribution in [0.25, 0.3) is 10.8 Å². The molecule has 0 bridgehead atoms. The quantitative estimate of drug-likeness (QED) is 0.336. The van der Waals surface area contributed by atoms with Crippen molar-refractivity contribution in [3.63, 3.8) is 0 Å². The number of hydrogen-bond donors (Lipinski definition) is 2. The van der Waals surface area contributed by atoms with Gasteiger partial charge in [0.1, 0.15) is 11.6 Å². The highest BCUT2D eigenvalue weighted by Gasteiger charge is 2.09. The van der Waals surface area contributed by atoms with Crippen LogP contribution in [0.1, 0.15) is 15.9 Å². The summed E-state index contributed by atoms with van der Waals surface area (Å²) in [5.41, 5.74) is 6.47. The van der Waals surface area contributed by atoms with Crippen molar-refractivity contribution in [2.45, 2.75) is 0 Å². The van der Waals surface area contributed by atoms with Gasteiger partial charge in [-0.1, -0.05) is 30.3 Å². The number of benzene rings is 3. The van der Waals surface area contributed by atoms with Crippen LogP contribution >= 0.6 is 0 Å². The lowest BCUT2D eigenvalue weighted by Gasteiger charge is -2.06. The fourth-order valence-electron chi connectivity index (χ4n) is 2.18. The van der Waals surface area contributed by atoms with Gasteiger partial charge < -0.3 is 10.5 Å². The Morgan fingerprint density at radius 3 is 2.18 bits per heavy atom. The highest BCUT2D eigenvalue weighted by molar-refractivity contribution is 5.97. The van der Waals surface area contributed by atoms with Crippen LogP contribution in [0.5, 0.6) is 5.75 Å². The van der Waals surface area contributed by atoms with E-state index in [1.807, 2.05) is 36.4 Å². The summed E-state index contributed by atoms with van der Waals surface area (Å²) in [6, 6.07) is 19.8. The molecule has 0 radical (unpaired) electrons. The van der Waals surface area contributed by atoms with Crippen LogP contribution in [0.15, 0.2) is 66.7 Å². The summed E-state index contributed by atoms with van der Waals surface area (Å²) >= 11 is 0. The van der Waals surface area contributed by atoms with E-state index in [1.165, 1.54) is 0 Å². The SMILES string of the molecule is N=C(N)c1ccc(OC(=O)c2ccc3ccccc3c2)cc1. The summed E-state index contributed by atoms with van der Waals surface area (Å²) in [6.45, 7) is 0. The number of carbonyl (C=O) groups is 1. The first-order valence-corrected chi connectivity index (χ1v) is 6.79. The average Bonchev–Trinajstić information content (AvgIpc) is 2.55. The lowest BCUT2D eigenvalue weighted by molar-refractivity contribution is 0.0735. The van der Waals surface area contributed by atoms with Crippen LogP contribution in [0, 0.1) is 5.41 Å². The number of ether oxygens (including phenoxy) is 1. The molecular formula is C18H14N2O2. The van der Waals surface area contributed by atoms with Gasteiger partial charge in [0.2, 0.25) is 0 Å². The summed E-state index contributed by atoms with van der Waals surface area (Å²) in [6.07, 6.45) is 0. The minimum atomic E-state index is -0.415. The number of amidine groups is 1. The van der Waals surface area contributed by atoms with E-state index < -0.39 is 5.97 Å². The second kappa shape index (κ2) is 5.69. The Bertz CT molecular complexity index is 854. The zero-order chi connectivity index (χ0) is 15.5. The number of carbonyl (C=O) groups excluding carboxylic acids is 1. The van der Waals surface area contributed by atoms with Gasteiger partial charge in [-0.3, -0.25) is 5.41 Å². The van der Waals surface area contributed by atoms with Crippen molar-refractivity contribution in [1.82, 2.24) is 0 Å². The normalized spacial score (nSPS) is 10.4. The molecule has 4 heteroatoms. The minimum Gasteiger partial charge on any atom is -0.423 e. The van der Waals surface area contributed by atoms with Crippen molar-refractivity contribution < 1.29 is 9.53 Å². The standard InChI is InChI=1S/C18H14N2O2/c19-17(20)13-7-9-16(10-8-13)22-18(21)15-6-5-12-3-1-2-4-14(12)11-15/h1-11H,(H3,19,20). The Morgan fingerprint density at radius 1 is 0.864 bits per heavy atom. The number of rotatable bonds is 3. The number of nitrogens with one attached hydrogen (secondary N) is 1. The topological polar surface area (TPSA) is 76.2 Å². The smallest absolute Gasteiger partial charge is 0.343 e. The van der Waals surface area contributed by atoms with Crippen LogP contribution in [-0.4, -0.2) is 11.8 Å². The molecule has 0 aliphatic rings. The van der Waals surface area contributed by atoms with Crippen LogP contribution in [0.3, 0.4) is 0 Å². The van der Waals surface area contributed by atoms with E-state index in [4.69, 9.17) is 15.9 Å². The predicted octanol–water partition coefficient (Wildman–Crippen LogP) is 3.34. The predicted molar refractivity (Wildman–Crippen MR) is 86.4 cm³/mol. The van der Waals surface area contributed by atoms with Gasteiger partial charge in [-0.25, -0.2) is 4.79 Å². The Morgan fingerprint density at radius 2 is 1.50 bits per heavy atom. The van der Waals surface area contributed by atoms with E-state index in [1.54, 1.807) is 30.3 Å². The third kappa shape index (κ3) is 2.81. The van der Waals surface area contributed by atoms with Gasteiger partial charge in [-0.15, -0.1) is 0 Å². The molecule has 0 aliphatic heterocycles. The van der Waals surface area contributed by atoms with E-state index in [9.17, 15) is 4.79 Å². The Labute approximate surface area is 127 Å². The molecule has 0 heterocycles. The van der Waals surface area contributed by atoms with Gasteiger partial charge in [0.05, 0.1) is 5.56 Å². The van der Waals surface area contributed by atoms with Gasteiger partial charge in [0.25, 0.3) is 0 Å². The van der Waals surface area contributed by atoms with Gasteiger partial charge in [-0.2, -0.15) is 0 Å². The van der Waals surface area contributed by atoms with Gasteiger partial charge in [-0.05, 0) is 47.2 Å². The molecule has 0 aromatic heterocycles. The van der Waals surface area contributed by atoms with Crippen LogP contribution < -0.4 is 10.5 Å². The zero-order valence-electron chi connectivity index (χ0n) is 11.7. The van der Waals surface area contributed by atoms with E-state index in [0.29, 0.717) is 16.9 Å². The van der Waals surface area contributed by atoms with Crippen LogP contribution in [0.4, 0.5) is 0 Å². The number of esters is 1. The van der Waals surface area contributed by atoms with Crippen LogP contribution in [0.2, 0.25) is 0 Å². The van der Waals surface area contributed by atoms with Crippen molar-refractivity contribution in [1.29, 1.82) is 5.41 Å². The number of fused-ring (bicyclic) bond motifs is 1. The van der Waals surface area contributed by atoms with Crippen LogP contribution in [-0.2, 0) is 0 Å². The zero-order valence-corrected chi connectivity index (χ0v) is 11.7. The Balaban J connectivity index is 1.81. The second-order valence-corrected chi connectivity index (χ2v) is 4.89. The monoisotopic (exact) mass is 290 g/mol. The Kier molecular flexibility index (Phi) is 3.58. The fraction of sp³-hybridized carbons (Fsp3) is 0. The van der Waals surface area contributed by atoms with Crippen molar-refractivity contribution in [2.75, 3.05) is 0 Å². The molecule has 3 aromatic carbocycles. The average molecular weight is 290 g/mol. The molecule has 3 rings (SSSR count). The maximum Gasteiger partial charge on any atom is 0.343 e. The third-order valence-electron chi connectivity index (χ3n) is 3.36. The first-order valence-electron chi connectivity index (χ1n) is 6.79. The van der Waals surface area contributed by atoms with Gasteiger partial charge >= 0.3 is 5.97 Å². The minimum absolute atomic E-state index is 0.0209. The van der Waals surface area contributed by atoms with Gasteiger partial charge in [0, 0.05) is 5.56 Å². The molecule has 0 amide bonds. The Hall–Kier alpha value is -3.14. The molecule has 0 saturated carbocycles. The first-order chi connectivity index (χ1) is 10.6. The fourth-order valence-corrected chi connectivity index (χ4v) is 2.18.